The second-order valence-electron chi connectivity index (χ2n) is 4.12. The molecule has 0 N–H and O–H groups in total. The van der Waals surface area contributed by atoms with Gasteiger partial charge in [-0.15, -0.1) is 11.6 Å². The van der Waals surface area contributed by atoms with Crippen molar-refractivity contribution in [1.82, 2.24) is 14.5 Å². The fourth-order valence-electron chi connectivity index (χ4n) is 1.81. The van der Waals surface area contributed by atoms with Crippen molar-refractivity contribution < 1.29 is 4.74 Å². The molecule has 0 saturated heterocycles. The maximum atomic E-state index is 5.93. The normalized spacial score (nSPS) is 13.2. The van der Waals surface area contributed by atoms with Crippen LogP contribution in [0.2, 0.25) is 0 Å². The van der Waals surface area contributed by atoms with Gasteiger partial charge in [-0.25, -0.2) is 9.97 Å². The highest BCUT2D eigenvalue weighted by Crippen LogP contribution is 2.19. The molecule has 17 heavy (non-hydrogen) atoms. The lowest BCUT2D eigenvalue weighted by atomic mass is 10.3. The van der Waals surface area contributed by atoms with Crippen LogP contribution in [0, 0.1) is 6.92 Å². The first-order valence-electron chi connectivity index (χ1n) is 5.56. The summed E-state index contributed by atoms with van der Waals surface area (Å²) in [5.74, 6) is 1.22. The Balaban J connectivity index is 2.55. The number of rotatable bonds is 4. The van der Waals surface area contributed by atoms with Gasteiger partial charge in [-0.1, -0.05) is 0 Å². The second-order valence-corrected chi connectivity index (χ2v) is 4.39. The fraction of sp³-hybridized carbons (Fsp3) is 0.500. The second kappa shape index (κ2) is 5.02. The minimum atomic E-state index is 0.108. The predicted molar refractivity (Wildman–Crippen MR) is 68.3 cm³/mol. The van der Waals surface area contributed by atoms with Crippen LogP contribution in [0.3, 0.4) is 0 Å². The molecule has 0 amide bonds. The summed E-state index contributed by atoms with van der Waals surface area (Å²) in [5, 5.41) is 0. The van der Waals surface area contributed by atoms with Crippen LogP contribution in [0.15, 0.2) is 12.3 Å². The van der Waals surface area contributed by atoms with Crippen molar-refractivity contribution in [2.45, 2.75) is 32.4 Å². The SMILES string of the molecule is COC(C)Cn1c(CCl)nc2c(C)ccnc21. The summed E-state index contributed by atoms with van der Waals surface area (Å²) in [6.45, 7) is 4.75. The van der Waals surface area contributed by atoms with Crippen LogP contribution < -0.4 is 0 Å². The number of fused-ring (bicyclic) bond motifs is 1. The lowest BCUT2D eigenvalue weighted by Crippen LogP contribution is -2.16. The molecule has 0 aliphatic rings. The van der Waals surface area contributed by atoms with Crippen molar-refractivity contribution in [2.24, 2.45) is 0 Å². The molecule has 0 aromatic carbocycles. The minimum absolute atomic E-state index is 0.108. The smallest absolute Gasteiger partial charge is 0.160 e. The molecule has 2 heterocycles. The van der Waals surface area contributed by atoms with Gasteiger partial charge in [0.15, 0.2) is 5.65 Å². The third kappa shape index (κ3) is 2.28. The number of hydrogen-bond acceptors (Lipinski definition) is 3. The average Bonchev–Trinajstić information content (AvgIpc) is 2.69. The van der Waals surface area contributed by atoms with E-state index in [1.165, 1.54) is 0 Å². The molecule has 0 saturated carbocycles. The summed E-state index contributed by atoms with van der Waals surface area (Å²) in [6, 6.07) is 1.96. The molecule has 0 bridgehead atoms. The Labute approximate surface area is 106 Å². The van der Waals surface area contributed by atoms with Gasteiger partial charge in [0.1, 0.15) is 11.3 Å². The number of ether oxygens (including phenoxy) is 1. The molecule has 92 valence electrons. The molecular weight excluding hydrogens is 238 g/mol. The van der Waals surface area contributed by atoms with Crippen molar-refractivity contribution >= 4 is 22.8 Å². The van der Waals surface area contributed by atoms with Gasteiger partial charge < -0.3 is 9.30 Å². The third-order valence-corrected chi connectivity index (χ3v) is 3.12. The Kier molecular flexibility index (Phi) is 3.64. The number of pyridine rings is 1. The summed E-state index contributed by atoms with van der Waals surface area (Å²) in [7, 11) is 1.70. The van der Waals surface area contributed by atoms with Gasteiger partial charge in [0, 0.05) is 13.3 Å². The molecule has 0 aliphatic heterocycles. The van der Waals surface area contributed by atoms with E-state index in [2.05, 4.69) is 9.97 Å². The summed E-state index contributed by atoms with van der Waals surface area (Å²) < 4.78 is 7.31. The Morgan fingerprint density at radius 3 is 2.94 bits per heavy atom. The van der Waals surface area contributed by atoms with E-state index in [1.807, 2.05) is 24.5 Å². The van der Waals surface area contributed by atoms with E-state index in [4.69, 9.17) is 16.3 Å². The van der Waals surface area contributed by atoms with Crippen LogP contribution in [-0.4, -0.2) is 27.7 Å². The predicted octanol–water partition coefficient (Wildman–Crippen LogP) is 2.51. The van der Waals surface area contributed by atoms with Crippen LogP contribution >= 0.6 is 11.6 Å². The zero-order valence-corrected chi connectivity index (χ0v) is 11.0. The van der Waals surface area contributed by atoms with Crippen LogP contribution in [0.5, 0.6) is 0 Å². The summed E-state index contributed by atoms with van der Waals surface area (Å²) in [4.78, 5) is 8.92. The average molecular weight is 254 g/mol. The summed E-state index contributed by atoms with van der Waals surface area (Å²) >= 11 is 5.93. The number of aryl methyl sites for hydroxylation is 1. The maximum absolute atomic E-state index is 5.93. The van der Waals surface area contributed by atoms with Gasteiger partial charge in [0.25, 0.3) is 0 Å². The number of nitrogens with zero attached hydrogens (tertiary/aromatic N) is 3. The van der Waals surface area contributed by atoms with Crippen molar-refractivity contribution in [3.05, 3.63) is 23.7 Å². The van der Waals surface area contributed by atoms with Crippen LogP contribution in [0.4, 0.5) is 0 Å². The van der Waals surface area contributed by atoms with Gasteiger partial charge in [-0.05, 0) is 25.5 Å². The molecule has 1 unspecified atom stereocenters. The molecule has 0 spiro atoms. The molecule has 5 heteroatoms. The van der Waals surface area contributed by atoms with Crippen LogP contribution in [0.25, 0.3) is 11.2 Å². The molecule has 2 aromatic heterocycles. The number of hydrogen-bond donors (Lipinski definition) is 0. The van der Waals surface area contributed by atoms with Crippen LogP contribution in [0.1, 0.15) is 18.3 Å². The van der Waals surface area contributed by atoms with Crippen molar-refractivity contribution in [2.75, 3.05) is 7.11 Å². The highest BCUT2D eigenvalue weighted by molar-refractivity contribution is 6.16. The number of halogens is 1. The number of imidazole rings is 1. The van der Waals surface area contributed by atoms with E-state index >= 15 is 0 Å². The first-order chi connectivity index (χ1) is 8.17. The number of alkyl halides is 1. The summed E-state index contributed by atoms with van der Waals surface area (Å²) in [5.41, 5.74) is 2.92. The summed E-state index contributed by atoms with van der Waals surface area (Å²) in [6.07, 6.45) is 1.90. The molecule has 0 fully saturated rings. The lowest BCUT2D eigenvalue weighted by Gasteiger charge is -2.12. The van der Waals surface area contributed by atoms with Gasteiger partial charge in [0.05, 0.1) is 18.5 Å². The molecule has 2 rings (SSSR count). The van der Waals surface area contributed by atoms with Crippen LogP contribution in [-0.2, 0) is 17.2 Å². The Hall–Kier alpha value is -1.13. The van der Waals surface area contributed by atoms with Gasteiger partial charge >= 0.3 is 0 Å². The highest BCUT2D eigenvalue weighted by Gasteiger charge is 2.14. The zero-order chi connectivity index (χ0) is 12.4. The molecule has 0 radical (unpaired) electrons. The molecule has 1 atom stereocenters. The molecule has 4 nitrogen and oxygen atoms in total. The third-order valence-electron chi connectivity index (χ3n) is 2.88. The number of methoxy groups -OCH3 is 1. The monoisotopic (exact) mass is 253 g/mol. The Bertz CT molecular complexity index is 524. The zero-order valence-electron chi connectivity index (χ0n) is 10.3. The first kappa shape index (κ1) is 12.3. The molecular formula is C12H16ClN3O. The van der Waals surface area contributed by atoms with E-state index in [0.717, 1.165) is 22.6 Å². The van der Waals surface area contributed by atoms with Crippen molar-refractivity contribution in [1.29, 1.82) is 0 Å². The van der Waals surface area contributed by atoms with E-state index in [9.17, 15) is 0 Å². The van der Waals surface area contributed by atoms with Crippen molar-refractivity contribution in [3.8, 4) is 0 Å². The standard InChI is InChI=1S/C12H16ClN3O/c1-8-4-5-14-12-11(8)15-10(6-13)16(12)7-9(2)17-3/h4-5,9H,6-7H2,1-3H3. The fourth-order valence-corrected chi connectivity index (χ4v) is 2.01. The maximum Gasteiger partial charge on any atom is 0.160 e. The molecule has 2 aromatic rings. The Morgan fingerprint density at radius 2 is 2.29 bits per heavy atom. The van der Waals surface area contributed by atoms with E-state index in [-0.39, 0.29) is 6.10 Å². The highest BCUT2D eigenvalue weighted by atomic mass is 35.5. The Morgan fingerprint density at radius 1 is 1.53 bits per heavy atom. The van der Waals surface area contributed by atoms with E-state index in [0.29, 0.717) is 12.4 Å². The topological polar surface area (TPSA) is 39.9 Å². The molecule has 0 aliphatic carbocycles. The largest absolute Gasteiger partial charge is 0.380 e. The first-order valence-corrected chi connectivity index (χ1v) is 6.10. The van der Waals surface area contributed by atoms with Gasteiger partial charge in [0.2, 0.25) is 0 Å². The van der Waals surface area contributed by atoms with Crippen molar-refractivity contribution in [3.63, 3.8) is 0 Å². The quantitative estimate of drug-likeness (QED) is 0.786. The minimum Gasteiger partial charge on any atom is -0.380 e. The van der Waals surface area contributed by atoms with Gasteiger partial charge in [-0.3, -0.25) is 0 Å². The number of aromatic nitrogens is 3. The van der Waals surface area contributed by atoms with Gasteiger partial charge in [-0.2, -0.15) is 0 Å². The lowest BCUT2D eigenvalue weighted by molar-refractivity contribution is 0.103. The van der Waals surface area contributed by atoms with E-state index in [1.54, 1.807) is 13.3 Å². The van der Waals surface area contributed by atoms with E-state index < -0.39 is 0 Å².